The van der Waals surface area contributed by atoms with E-state index in [0.29, 0.717) is 50.5 Å². The standard InChI is InChI=1S/C29H35N5O6/c35-26(36)17-22(21-4-1-10-30-18-21)31-27(37)20-8-9-24(23(16-20)32-28(38)25-5-2-15-40-25)33-11-3-12-34(14-13-33)29(39)19-6-7-19/h1,4,8-10,16,18-19,22,25H,2-3,5-7,11-15,17H2,(H,31,37)(H,32,38)(H,35,36). The van der Waals surface area contributed by atoms with Crippen molar-refractivity contribution in [2.75, 3.05) is 43.0 Å². The van der Waals surface area contributed by atoms with Crippen molar-refractivity contribution in [1.29, 1.82) is 0 Å². The number of ether oxygens (including phenoxy) is 1. The molecule has 1 saturated carbocycles. The lowest BCUT2D eigenvalue weighted by Gasteiger charge is -2.27. The number of aromatic nitrogens is 1. The van der Waals surface area contributed by atoms with Crippen LogP contribution in [0.15, 0.2) is 42.7 Å². The number of anilines is 2. The molecule has 0 radical (unpaired) electrons. The molecule has 3 aliphatic rings. The Labute approximate surface area is 232 Å². The lowest BCUT2D eigenvalue weighted by Crippen LogP contribution is -2.36. The molecule has 2 saturated heterocycles. The first-order valence-corrected chi connectivity index (χ1v) is 13.9. The summed E-state index contributed by atoms with van der Waals surface area (Å²) in [5.74, 6) is -1.39. The van der Waals surface area contributed by atoms with Crippen LogP contribution in [-0.2, 0) is 19.1 Å². The lowest BCUT2D eigenvalue weighted by molar-refractivity contribution is -0.137. The number of nitrogens with zero attached hydrogens (tertiary/aromatic N) is 3. The normalized spacial score (nSPS) is 19.9. The van der Waals surface area contributed by atoms with Crippen LogP contribution >= 0.6 is 0 Å². The van der Waals surface area contributed by atoms with E-state index in [2.05, 4.69) is 20.5 Å². The Hall–Kier alpha value is -3.99. The van der Waals surface area contributed by atoms with Gasteiger partial charge in [-0.1, -0.05) is 6.07 Å². The second-order valence-corrected chi connectivity index (χ2v) is 10.6. The van der Waals surface area contributed by atoms with E-state index in [1.54, 1.807) is 36.5 Å². The summed E-state index contributed by atoms with van der Waals surface area (Å²) < 4.78 is 5.57. The molecule has 3 N–H and O–H groups in total. The Morgan fingerprint density at radius 3 is 2.60 bits per heavy atom. The lowest BCUT2D eigenvalue weighted by atomic mass is 10.0. The molecule has 2 unspecified atom stereocenters. The first kappa shape index (κ1) is 27.6. The molecule has 1 aliphatic carbocycles. The highest BCUT2D eigenvalue weighted by atomic mass is 16.5. The van der Waals surface area contributed by atoms with Crippen molar-refractivity contribution in [2.24, 2.45) is 5.92 Å². The molecule has 2 atom stereocenters. The monoisotopic (exact) mass is 549 g/mol. The fourth-order valence-electron chi connectivity index (χ4n) is 5.27. The Morgan fingerprint density at radius 1 is 1.05 bits per heavy atom. The second kappa shape index (κ2) is 12.5. The number of benzene rings is 1. The maximum Gasteiger partial charge on any atom is 0.305 e. The fraction of sp³-hybridized carbons (Fsp3) is 0.483. The van der Waals surface area contributed by atoms with Crippen molar-refractivity contribution >= 4 is 35.1 Å². The maximum atomic E-state index is 13.3. The summed E-state index contributed by atoms with van der Waals surface area (Å²) in [6.45, 7) is 3.13. The van der Waals surface area contributed by atoms with Gasteiger partial charge in [0, 0.05) is 56.7 Å². The zero-order valence-corrected chi connectivity index (χ0v) is 22.4. The highest BCUT2D eigenvalue weighted by Crippen LogP contribution is 2.33. The van der Waals surface area contributed by atoms with Crippen LogP contribution in [0, 0.1) is 5.92 Å². The van der Waals surface area contributed by atoms with Gasteiger partial charge in [-0.25, -0.2) is 0 Å². The SMILES string of the molecule is O=C(O)CC(NC(=O)c1ccc(N2CCCN(C(=O)C3CC3)CC2)c(NC(=O)C2CCCO2)c1)c1cccnc1. The number of carbonyl (C=O) groups is 4. The minimum absolute atomic E-state index is 0.169. The van der Waals surface area contributed by atoms with E-state index in [9.17, 15) is 24.3 Å². The Bertz CT molecular complexity index is 1240. The zero-order valence-electron chi connectivity index (χ0n) is 22.4. The van der Waals surface area contributed by atoms with Gasteiger partial charge in [0.1, 0.15) is 6.10 Å². The van der Waals surface area contributed by atoms with Crippen LogP contribution in [0.2, 0.25) is 0 Å². The van der Waals surface area contributed by atoms with E-state index in [0.717, 1.165) is 31.4 Å². The summed E-state index contributed by atoms with van der Waals surface area (Å²) >= 11 is 0. The average Bonchev–Trinajstić information content (AvgIpc) is 3.71. The van der Waals surface area contributed by atoms with Crippen molar-refractivity contribution in [1.82, 2.24) is 15.2 Å². The van der Waals surface area contributed by atoms with Gasteiger partial charge in [-0.05, 0) is 61.9 Å². The van der Waals surface area contributed by atoms with Crippen molar-refractivity contribution in [3.05, 3.63) is 53.9 Å². The van der Waals surface area contributed by atoms with Gasteiger partial charge in [0.05, 0.1) is 23.8 Å². The van der Waals surface area contributed by atoms with Gasteiger partial charge in [0.2, 0.25) is 5.91 Å². The second-order valence-electron chi connectivity index (χ2n) is 10.6. The van der Waals surface area contributed by atoms with Crippen LogP contribution < -0.4 is 15.5 Å². The van der Waals surface area contributed by atoms with Gasteiger partial charge in [-0.15, -0.1) is 0 Å². The van der Waals surface area contributed by atoms with Gasteiger partial charge >= 0.3 is 5.97 Å². The molecule has 1 aromatic heterocycles. The minimum atomic E-state index is -1.05. The molecule has 2 aliphatic heterocycles. The first-order chi connectivity index (χ1) is 19.4. The Kier molecular flexibility index (Phi) is 8.59. The molecule has 3 heterocycles. The molecule has 2 aromatic rings. The van der Waals surface area contributed by atoms with Gasteiger partial charge in [-0.2, -0.15) is 0 Å². The number of pyridine rings is 1. The smallest absolute Gasteiger partial charge is 0.305 e. The minimum Gasteiger partial charge on any atom is -0.481 e. The summed E-state index contributed by atoms with van der Waals surface area (Å²) in [4.78, 5) is 58.6. The molecule has 0 spiro atoms. The number of nitrogens with one attached hydrogen (secondary N) is 2. The number of amides is 3. The quantitative estimate of drug-likeness (QED) is 0.434. The predicted octanol–water partition coefficient (Wildman–Crippen LogP) is 2.59. The van der Waals surface area contributed by atoms with Crippen LogP contribution in [0.4, 0.5) is 11.4 Å². The van der Waals surface area contributed by atoms with E-state index < -0.39 is 24.0 Å². The fourth-order valence-corrected chi connectivity index (χ4v) is 5.27. The number of hydrogen-bond donors (Lipinski definition) is 3. The van der Waals surface area contributed by atoms with Crippen LogP contribution in [0.1, 0.15) is 60.5 Å². The molecule has 5 rings (SSSR count). The number of aliphatic carboxylic acids is 1. The number of carboxylic acids is 1. The molecule has 11 heteroatoms. The van der Waals surface area contributed by atoms with Crippen molar-refractivity contribution < 1.29 is 29.0 Å². The molecule has 40 heavy (non-hydrogen) atoms. The van der Waals surface area contributed by atoms with Gasteiger partial charge < -0.3 is 30.3 Å². The summed E-state index contributed by atoms with van der Waals surface area (Å²) in [6, 6.07) is 7.72. The van der Waals surface area contributed by atoms with E-state index in [1.165, 1.54) is 6.20 Å². The van der Waals surface area contributed by atoms with E-state index in [1.807, 2.05) is 4.90 Å². The number of carbonyl (C=O) groups excluding carboxylic acids is 3. The third-order valence-electron chi connectivity index (χ3n) is 7.58. The third kappa shape index (κ3) is 6.77. The van der Waals surface area contributed by atoms with E-state index in [-0.39, 0.29) is 29.7 Å². The van der Waals surface area contributed by atoms with Gasteiger partial charge in [-0.3, -0.25) is 24.2 Å². The predicted molar refractivity (Wildman–Crippen MR) is 147 cm³/mol. The van der Waals surface area contributed by atoms with Crippen LogP contribution in [0.25, 0.3) is 0 Å². The molecular formula is C29H35N5O6. The number of rotatable bonds is 9. The zero-order chi connectivity index (χ0) is 28.1. The third-order valence-corrected chi connectivity index (χ3v) is 7.58. The molecule has 11 nitrogen and oxygen atoms in total. The molecular weight excluding hydrogens is 514 g/mol. The molecule has 3 amide bonds. The topological polar surface area (TPSA) is 141 Å². The summed E-state index contributed by atoms with van der Waals surface area (Å²) in [5.41, 5.74) is 2.10. The van der Waals surface area contributed by atoms with Crippen molar-refractivity contribution in [2.45, 2.75) is 50.7 Å². The summed E-state index contributed by atoms with van der Waals surface area (Å²) in [5, 5.41) is 15.2. The largest absolute Gasteiger partial charge is 0.481 e. The molecule has 1 aromatic carbocycles. The number of carboxylic acid groups (broad SMARTS) is 1. The van der Waals surface area contributed by atoms with Crippen LogP contribution in [-0.4, -0.2) is 77.6 Å². The van der Waals surface area contributed by atoms with E-state index in [4.69, 9.17) is 4.74 Å². The summed E-state index contributed by atoms with van der Waals surface area (Å²) in [6.07, 6.45) is 6.42. The molecule has 0 bridgehead atoms. The van der Waals surface area contributed by atoms with Crippen molar-refractivity contribution in [3.8, 4) is 0 Å². The van der Waals surface area contributed by atoms with Crippen LogP contribution in [0.3, 0.4) is 0 Å². The highest BCUT2D eigenvalue weighted by molar-refractivity contribution is 6.01. The Balaban J connectivity index is 1.37. The van der Waals surface area contributed by atoms with E-state index >= 15 is 0 Å². The highest BCUT2D eigenvalue weighted by Gasteiger charge is 2.34. The first-order valence-electron chi connectivity index (χ1n) is 13.9. The van der Waals surface area contributed by atoms with Gasteiger partial charge in [0.15, 0.2) is 0 Å². The van der Waals surface area contributed by atoms with Crippen LogP contribution in [0.5, 0.6) is 0 Å². The Morgan fingerprint density at radius 2 is 1.90 bits per heavy atom. The van der Waals surface area contributed by atoms with Crippen molar-refractivity contribution in [3.63, 3.8) is 0 Å². The maximum absolute atomic E-state index is 13.3. The molecule has 3 fully saturated rings. The number of hydrogen-bond acceptors (Lipinski definition) is 7. The summed E-state index contributed by atoms with van der Waals surface area (Å²) in [7, 11) is 0. The van der Waals surface area contributed by atoms with Gasteiger partial charge in [0.25, 0.3) is 11.8 Å². The molecule has 212 valence electrons. The average molecular weight is 550 g/mol.